The fourth-order valence-electron chi connectivity index (χ4n) is 1.78. The Hall–Kier alpha value is -1.87. The van der Waals surface area contributed by atoms with Gasteiger partial charge >= 0.3 is 0 Å². The van der Waals surface area contributed by atoms with Crippen molar-refractivity contribution >= 4 is 24.8 Å². The molecule has 1 aromatic carbocycles. The lowest BCUT2D eigenvalue weighted by atomic mass is 9.94. The molecule has 0 N–H and O–H groups in total. The van der Waals surface area contributed by atoms with Gasteiger partial charge in [-0.15, -0.1) is 11.3 Å². The summed E-state index contributed by atoms with van der Waals surface area (Å²) in [5.41, 5.74) is 3.01. The van der Waals surface area contributed by atoms with E-state index in [9.17, 15) is 4.39 Å². The summed E-state index contributed by atoms with van der Waals surface area (Å²) in [4.78, 5) is 0.937. The summed E-state index contributed by atoms with van der Waals surface area (Å²) in [5.74, 6) is -0.210. The van der Waals surface area contributed by atoms with E-state index in [4.69, 9.17) is 7.85 Å². The average Bonchev–Trinajstić information content (AvgIpc) is 2.98. The molecular weight excluding hydrogens is 266 g/mol. The summed E-state index contributed by atoms with van der Waals surface area (Å²) in [6.07, 6.45) is 5.19. The van der Waals surface area contributed by atoms with E-state index in [1.165, 1.54) is 11.3 Å². The van der Waals surface area contributed by atoms with Gasteiger partial charge in [-0.05, 0) is 35.6 Å². The fraction of sp³-hybridized carbons (Fsp3) is 0.0588. The van der Waals surface area contributed by atoms with Crippen molar-refractivity contribution in [2.24, 2.45) is 0 Å². The van der Waals surface area contributed by atoms with Crippen molar-refractivity contribution in [3.8, 4) is 10.4 Å². The summed E-state index contributed by atoms with van der Waals surface area (Å²) in [6.45, 7) is 5.51. The molecule has 0 spiro atoms. The Morgan fingerprint density at radius 3 is 2.70 bits per heavy atom. The van der Waals surface area contributed by atoms with Crippen LogP contribution in [0.3, 0.4) is 0 Å². The first-order valence-corrected chi connectivity index (χ1v) is 7.10. The summed E-state index contributed by atoms with van der Waals surface area (Å²) >= 11 is 1.53. The quantitative estimate of drug-likeness (QED) is 0.533. The zero-order chi connectivity index (χ0) is 14.5. The van der Waals surface area contributed by atoms with Crippen LogP contribution in [0.2, 0.25) is 0 Å². The summed E-state index contributed by atoms with van der Waals surface area (Å²) < 4.78 is 14.2. The Balaban J connectivity index is 2.32. The van der Waals surface area contributed by atoms with Gasteiger partial charge in [-0.2, -0.15) is 0 Å². The second-order valence-corrected chi connectivity index (χ2v) is 5.34. The van der Waals surface area contributed by atoms with Crippen molar-refractivity contribution in [2.45, 2.75) is 6.92 Å². The smallest absolute Gasteiger partial charge is 0.132 e. The number of benzene rings is 1. The lowest BCUT2D eigenvalue weighted by molar-refractivity contribution is 0.631. The average molecular weight is 280 g/mol. The molecular formula is C17H14BFS. The lowest BCUT2D eigenvalue weighted by Crippen LogP contribution is -1.86. The molecule has 1 heterocycles. The predicted octanol–water partition coefficient (Wildman–Crippen LogP) is 5.20. The number of hydrogen-bond donors (Lipinski definition) is 0. The van der Waals surface area contributed by atoms with Crippen LogP contribution in [-0.2, 0) is 0 Å². The minimum absolute atomic E-state index is 0.210. The van der Waals surface area contributed by atoms with E-state index in [1.54, 1.807) is 18.2 Å². The van der Waals surface area contributed by atoms with Gasteiger partial charge in [0.2, 0.25) is 0 Å². The van der Waals surface area contributed by atoms with Gasteiger partial charge in [0, 0.05) is 10.4 Å². The van der Waals surface area contributed by atoms with Gasteiger partial charge in [0.15, 0.2) is 0 Å². The van der Waals surface area contributed by atoms with E-state index in [-0.39, 0.29) is 5.82 Å². The van der Waals surface area contributed by atoms with Crippen LogP contribution in [0.1, 0.15) is 12.5 Å². The first kappa shape index (κ1) is 14.5. The topological polar surface area (TPSA) is 0 Å². The third-order valence-electron chi connectivity index (χ3n) is 2.97. The summed E-state index contributed by atoms with van der Waals surface area (Å²) in [7, 11) is 5.64. The van der Waals surface area contributed by atoms with Crippen LogP contribution in [0.25, 0.3) is 16.0 Å². The normalized spacial score (nSPS) is 12.5. The van der Waals surface area contributed by atoms with Gasteiger partial charge in [-0.3, -0.25) is 0 Å². The molecule has 1 aromatic heterocycles. The molecule has 0 saturated carbocycles. The van der Waals surface area contributed by atoms with E-state index < -0.39 is 0 Å². The maximum Gasteiger partial charge on any atom is 0.132 e. The minimum atomic E-state index is -0.210. The molecule has 0 amide bonds. The van der Waals surface area contributed by atoms with Crippen molar-refractivity contribution < 1.29 is 4.39 Å². The van der Waals surface area contributed by atoms with E-state index >= 15 is 0 Å². The highest BCUT2D eigenvalue weighted by atomic mass is 32.1. The van der Waals surface area contributed by atoms with Crippen LogP contribution >= 0.6 is 11.3 Å². The van der Waals surface area contributed by atoms with Gasteiger partial charge in [-0.25, -0.2) is 4.39 Å². The molecule has 0 saturated heterocycles. The largest absolute Gasteiger partial charge is 0.206 e. The van der Waals surface area contributed by atoms with Crippen molar-refractivity contribution in [3.05, 3.63) is 77.4 Å². The molecule has 2 radical (unpaired) electrons. The molecule has 2 aromatic rings. The lowest BCUT2D eigenvalue weighted by Gasteiger charge is -2.05. The highest BCUT2D eigenvalue weighted by Crippen LogP contribution is 2.29. The molecule has 0 atom stereocenters. The van der Waals surface area contributed by atoms with Crippen LogP contribution in [-0.4, -0.2) is 7.85 Å². The number of thiophene rings is 1. The van der Waals surface area contributed by atoms with Gasteiger partial charge in [0.25, 0.3) is 0 Å². The Bertz CT molecular complexity index is 666. The predicted molar refractivity (Wildman–Crippen MR) is 87.4 cm³/mol. The number of hydrogen-bond acceptors (Lipinski definition) is 1. The second-order valence-electron chi connectivity index (χ2n) is 4.39. The number of allylic oxidation sites excluding steroid dienone is 5. The zero-order valence-electron chi connectivity index (χ0n) is 11.3. The molecule has 0 nitrogen and oxygen atoms in total. The molecule has 0 fully saturated rings. The number of halogens is 1. The van der Waals surface area contributed by atoms with Gasteiger partial charge in [0.05, 0.1) is 0 Å². The SMILES string of the molecule is [B]/C(C=C)=C/C=C(\C)c1ccc(-c2cccs2)c(F)c1. The van der Waals surface area contributed by atoms with Crippen molar-refractivity contribution in [1.29, 1.82) is 0 Å². The van der Waals surface area contributed by atoms with Crippen molar-refractivity contribution in [2.75, 3.05) is 0 Å². The fourth-order valence-corrected chi connectivity index (χ4v) is 2.53. The molecule has 0 aliphatic heterocycles. The highest BCUT2D eigenvalue weighted by molar-refractivity contribution is 7.13. The van der Waals surface area contributed by atoms with E-state index in [0.29, 0.717) is 11.0 Å². The third kappa shape index (κ3) is 3.37. The minimum Gasteiger partial charge on any atom is -0.206 e. The highest BCUT2D eigenvalue weighted by Gasteiger charge is 2.07. The van der Waals surface area contributed by atoms with Crippen LogP contribution in [0.5, 0.6) is 0 Å². The monoisotopic (exact) mass is 280 g/mol. The van der Waals surface area contributed by atoms with E-state index in [0.717, 1.165) is 16.0 Å². The Morgan fingerprint density at radius 1 is 1.30 bits per heavy atom. The van der Waals surface area contributed by atoms with Crippen molar-refractivity contribution in [1.82, 2.24) is 0 Å². The van der Waals surface area contributed by atoms with Crippen LogP contribution in [0, 0.1) is 5.82 Å². The van der Waals surface area contributed by atoms with Crippen molar-refractivity contribution in [3.63, 3.8) is 0 Å². The standard InChI is InChI=1S/C17H14BFS/c1-3-14(18)8-6-12(2)13-7-9-15(16(19)11-13)17-5-4-10-20-17/h3-11H,1H2,2H3/b12-6+,14-8+. The van der Waals surface area contributed by atoms with Crippen LogP contribution in [0.4, 0.5) is 4.39 Å². The molecule has 0 bridgehead atoms. The number of rotatable bonds is 4. The Labute approximate surface area is 124 Å². The first-order chi connectivity index (χ1) is 9.61. The molecule has 98 valence electrons. The summed E-state index contributed by atoms with van der Waals surface area (Å²) in [5, 5.41) is 1.94. The third-order valence-corrected chi connectivity index (χ3v) is 3.88. The molecule has 3 heteroatoms. The molecule has 20 heavy (non-hydrogen) atoms. The van der Waals surface area contributed by atoms with E-state index in [1.807, 2.05) is 42.6 Å². The zero-order valence-corrected chi connectivity index (χ0v) is 12.1. The molecule has 0 unspecified atom stereocenters. The maximum absolute atomic E-state index is 14.2. The van der Waals surface area contributed by atoms with Gasteiger partial charge in [-0.1, -0.05) is 48.5 Å². The maximum atomic E-state index is 14.2. The Morgan fingerprint density at radius 2 is 2.10 bits per heavy atom. The van der Waals surface area contributed by atoms with Gasteiger partial charge in [0.1, 0.15) is 13.7 Å². The first-order valence-electron chi connectivity index (χ1n) is 6.22. The summed E-state index contributed by atoms with van der Waals surface area (Å²) in [6, 6.07) is 9.12. The molecule has 2 rings (SSSR count). The van der Waals surface area contributed by atoms with Crippen LogP contribution < -0.4 is 0 Å². The molecule has 0 aliphatic rings. The Kier molecular flexibility index (Phi) is 4.75. The van der Waals surface area contributed by atoms with E-state index in [2.05, 4.69) is 6.58 Å². The van der Waals surface area contributed by atoms with Gasteiger partial charge < -0.3 is 0 Å². The second kappa shape index (κ2) is 6.53. The van der Waals surface area contributed by atoms with Crippen LogP contribution in [0.15, 0.2) is 66.0 Å². The molecule has 0 aliphatic carbocycles.